The second-order valence-electron chi connectivity index (χ2n) is 9.14. The molecule has 0 saturated carbocycles. The molecule has 5 heterocycles. The van der Waals surface area contributed by atoms with E-state index in [-0.39, 0.29) is 11.5 Å². The van der Waals surface area contributed by atoms with Crippen molar-refractivity contribution < 1.29 is 9.18 Å². The lowest BCUT2D eigenvalue weighted by atomic mass is 9.88. The smallest absolute Gasteiger partial charge is 0.251 e. The van der Waals surface area contributed by atoms with Crippen molar-refractivity contribution in [3.05, 3.63) is 69.3 Å². The molecule has 8 nitrogen and oxygen atoms in total. The van der Waals surface area contributed by atoms with Gasteiger partial charge in [0.15, 0.2) is 0 Å². The Morgan fingerprint density at radius 1 is 1.17 bits per heavy atom. The fourth-order valence-corrected chi connectivity index (χ4v) is 5.15. The Hall–Kier alpha value is -3.17. The van der Waals surface area contributed by atoms with Crippen LogP contribution in [0.4, 0.5) is 10.2 Å². The number of nitrogens with one attached hydrogen (secondary N) is 1. The number of allylic oxidation sites excluding steroid dienone is 1. The van der Waals surface area contributed by atoms with Crippen LogP contribution in [0.25, 0.3) is 11.0 Å². The molecule has 2 aliphatic heterocycles. The van der Waals surface area contributed by atoms with E-state index in [1.807, 2.05) is 0 Å². The highest BCUT2D eigenvalue weighted by molar-refractivity contribution is 6.30. The summed E-state index contributed by atoms with van der Waals surface area (Å²) in [6.45, 7) is 7.20. The second kappa shape index (κ2) is 9.83. The van der Waals surface area contributed by atoms with E-state index < -0.39 is 5.82 Å². The molecule has 35 heavy (non-hydrogen) atoms. The molecule has 0 aliphatic carbocycles. The minimum atomic E-state index is -0.456. The summed E-state index contributed by atoms with van der Waals surface area (Å²) >= 11 is 6.34. The number of anilines is 1. The van der Waals surface area contributed by atoms with Gasteiger partial charge in [-0.05, 0) is 44.3 Å². The highest BCUT2D eigenvalue weighted by atomic mass is 35.5. The molecule has 1 amide bonds. The van der Waals surface area contributed by atoms with Gasteiger partial charge in [-0.15, -0.1) is 0 Å². The number of hydrogen-bond acceptors (Lipinski definition) is 6. The van der Waals surface area contributed by atoms with Crippen molar-refractivity contribution in [1.82, 2.24) is 24.4 Å². The van der Waals surface area contributed by atoms with Crippen LogP contribution in [0.5, 0.6) is 0 Å². The molecule has 10 heteroatoms. The molecule has 3 aromatic rings. The molecular weight excluding hydrogens is 471 g/mol. The average molecular weight is 497 g/mol. The molecule has 0 unspecified atom stereocenters. The number of hydrogen-bond donors (Lipinski definition) is 1. The summed E-state index contributed by atoms with van der Waals surface area (Å²) in [5.74, 6) is 0.898. The Kier molecular flexibility index (Phi) is 6.62. The van der Waals surface area contributed by atoms with Gasteiger partial charge in [0.1, 0.15) is 22.6 Å². The molecule has 0 bridgehead atoms. The highest BCUT2D eigenvalue weighted by Crippen LogP contribution is 2.29. The van der Waals surface area contributed by atoms with Crippen LogP contribution in [0.2, 0.25) is 5.15 Å². The van der Waals surface area contributed by atoms with E-state index in [9.17, 15) is 14.0 Å². The van der Waals surface area contributed by atoms with Gasteiger partial charge < -0.3 is 14.8 Å². The third-order valence-corrected chi connectivity index (χ3v) is 7.17. The molecule has 1 fully saturated rings. The van der Waals surface area contributed by atoms with Gasteiger partial charge in [-0.2, -0.15) is 0 Å². The summed E-state index contributed by atoms with van der Waals surface area (Å²) in [5.41, 5.74) is 2.80. The first-order valence-corrected chi connectivity index (χ1v) is 12.2. The van der Waals surface area contributed by atoms with Crippen molar-refractivity contribution in [2.24, 2.45) is 5.92 Å². The first-order valence-electron chi connectivity index (χ1n) is 11.8. The topological polar surface area (TPSA) is 93.0 Å². The SMILES string of the molecule is C=C(Cc1nc(Cl)c2c(n1)NC(=O)CC2)C1CCN(CCn2c(=O)ccc3ncc(F)cc32)CC1. The standard InChI is InChI=1S/C25H26ClFN6O2/c1-15(12-21-29-24(26)18-2-4-22(34)31-25(18)30-21)16-6-8-32(9-7-16)10-11-33-20-13-17(27)14-28-19(20)3-5-23(33)35/h3,5,13-14,16H,1-2,4,6-12H2,(H,29,30,31,34). The third kappa shape index (κ3) is 5.11. The van der Waals surface area contributed by atoms with Crippen molar-refractivity contribution in [3.63, 3.8) is 0 Å². The molecule has 0 atom stereocenters. The summed E-state index contributed by atoms with van der Waals surface area (Å²) in [7, 11) is 0. The lowest BCUT2D eigenvalue weighted by Gasteiger charge is -2.33. The van der Waals surface area contributed by atoms with E-state index in [1.54, 1.807) is 10.6 Å². The van der Waals surface area contributed by atoms with Gasteiger partial charge in [-0.1, -0.05) is 23.8 Å². The number of fused-ring (bicyclic) bond motifs is 2. The average Bonchev–Trinajstić information content (AvgIpc) is 2.83. The fraction of sp³-hybridized carbons (Fsp3) is 0.400. The Labute approximate surface area is 206 Å². The van der Waals surface area contributed by atoms with Gasteiger partial charge in [-0.3, -0.25) is 14.6 Å². The number of nitrogens with zero attached hydrogens (tertiary/aromatic N) is 5. The maximum Gasteiger partial charge on any atom is 0.251 e. The number of rotatable bonds is 6. The zero-order chi connectivity index (χ0) is 24.5. The maximum absolute atomic E-state index is 13.7. The number of amides is 1. The minimum Gasteiger partial charge on any atom is -0.310 e. The van der Waals surface area contributed by atoms with Crippen molar-refractivity contribution in [2.45, 2.75) is 38.6 Å². The number of halogens is 2. The van der Waals surface area contributed by atoms with Crippen LogP contribution in [0.15, 0.2) is 41.3 Å². The molecule has 182 valence electrons. The van der Waals surface area contributed by atoms with Gasteiger partial charge in [0, 0.05) is 43.6 Å². The normalized spacial score (nSPS) is 16.8. The number of aromatic nitrogens is 4. The number of piperidine rings is 1. The van der Waals surface area contributed by atoms with E-state index in [1.165, 1.54) is 12.1 Å². The molecule has 2 aliphatic rings. The van der Waals surface area contributed by atoms with Gasteiger partial charge in [0.2, 0.25) is 5.91 Å². The predicted octanol–water partition coefficient (Wildman–Crippen LogP) is 3.37. The van der Waals surface area contributed by atoms with Gasteiger partial charge in [0.05, 0.1) is 17.2 Å². The van der Waals surface area contributed by atoms with E-state index in [4.69, 9.17) is 11.6 Å². The number of likely N-dealkylation sites (tertiary alicyclic amines) is 1. The minimum absolute atomic E-state index is 0.0587. The number of carbonyl (C=O) groups is 1. The van der Waals surface area contributed by atoms with Crippen LogP contribution in [-0.4, -0.2) is 50.0 Å². The molecular formula is C25H26ClFN6O2. The largest absolute Gasteiger partial charge is 0.310 e. The predicted molar refractivity (Wildman–Crippen MR) is 132 cm³/mol. The quantitative estimate of drug-likeness (QED) is 0.415. The second-order valence-corrected chi connectivity index (χ2v) is 9.50. The summed E-state index contributed by atoms with van der Waals surface area (Å²) < 4.78 is 15.3. The van der Waals surface area contributed by atoms with Crippen LogP contribution in [0, 0.1) is 11.7 Å². The van der Waals surface area contributed by atoms with E-state index in [0.29, 0.717) is 66.1 Å². The lowest BCUT2D eigenvalue weighted by molar-refractivity contribution is -0.116. The van der Waals surface area contributed by atoms with Crippen LogP contribution in [0.3, 0.4) is 0 Å². The Bertz CT molecular complexity index is 1370. The first kappa shape index (κ1) is 23.6. The van der Waals surface area contributed by atoms with Crippen molar-refractivity contribution in [2.75, 3.05) is 25.0 Å². The van der Waals surface area contributed by atoms with E-state index in [0.717, 1.165) is 43.3 Å². The Balaban J connectivity index is 1.18. The number of carbonyl (C=O) groups excluding carboxylic acids is 1. The summed E-state index contributed by atoms with van der Waals surface area (Å²) in [6, 6.07) is 4.46. The Morgan fingerprint density at radius 3 is 2.77 bits per heavy atom. The van der Waals surface area contributed by atoms with E-state index >= 15 is 0 Å². The molecule has 0 aromatic carbocycles. The molecule has 1 N–H and O–H groups in total. The van der Waals surface area contributed by atoms with Crippen LogP contribution in [0.1, 0.15) is 30.7 Å². The van der Waals surface area contributed by atoms with Crippen LogP contribution < -0.4 is 10.9 Å². The fourth-order valence-electron chi connectivity index (χ4n) is 4.86. The van der Waals surface area contributed by atoms with E-state index in [2.05, 4.69) is 31.7 Å². The van der Waals surface area contributed by atoms with Crippen molar-refractivity contribution in [1.29, 1.82) is 0 Å². The van der Waals surface area contributed by atoms with Gasteiger partial charge in [-0.25, -0.2) is 14.4 Å². The number of pyridine rings is 2. The van der Waals surface area contributed by atoms with Crippen LogP contribution >= 0.6 is 11.6 Å². The van der Waals surface area contributed by atoms with Crippen molar-refractivity contribution in [3.8, 4) is 0 Å². The monoisotopic (exact) mass is 496 g/mol. The Morgan fingerprint density at radius 2 is 1.97 bits per heavy atom. The molecule has 0 spiro atoms. The molecule has 1 saturated heterocycles. The molecule has 3 aromatic heterocycles. The van der Waals surface area contributed by atoms with Gasteiger partial charge >= 0.3 is 0 Å². The van der Waals surface area contributed by atoms with Crippen molar-refractivity contribution >= 4 is 34.4 Å². The third-order valence-electron chi connectivity index (χ3n) is 6.86. The highest BCUT2D eigenvalue weighted by Gasteiger charge is 2.24. The molecule has 5 rings (SSSR count). The summed E-state index contributed by atoms with van der Waals surface area (Å²) in [5, 5.41) is 3.18. The lowest BCUT2D eigenvalue weighted by Crippen LogP contribution is -2.37. The van der Waals surface area contributed by atoms with Gasteiger partial charge in [0.25, 0.3) is 5.56 Å². The summed E-state index contributed by atoms with van der Waals surface area (Å²) in [6.07, 6.45) is 4.49. The first-order chi connectivity index (χ1) is 16.9. The zero-order valence-corrected chi connectivity index (χ0v) is 20.0. The molecule has 0 radical (unpaired) electrons. The maximum atomic E-state index is 13.7. The zero-order valence-electron chi connectivity index (χ0n) is 19.3. The summed E-state index contributed by atoms with van der Waals surface area (Å²) in [4.78, 5) is 39.4. The van der Waals surface area contributed by atoms with Crippen LogP contribution in [-0.2, 0) is 24.2 Å².